The minimum Gasteiger partial charge on any atom is -0.477 e. The molecule has 1 saturated heterocycles. The first-order chi connectivity index (χ1) is 8.59. The Balaban J connectivity index is 2.26. The molecule has 2 N–H and O–H groups in total. The van der Waals surface area contributed by atoms with Crippen molar-refractivity contribution in [2.24, 2.45) is 0 Å². The van der Waals surface area contributed by atoms with Gasteiger partial charge in [0.1, 0.15) is 5.57 Å². The molecule has 3 nitrogen and oxygen atoms in total. The molecule has 1 aliphatic rings. The predicted octanol–water partition coefficient (Wildman–Crippen LogP) is 2.46. The van der Waals surface area contributed by atoms with E-state index >= 15 is 0 Å². The number of carboxylic acids is 1. The first kappa shape index (κ1) is 12.7. The largest absolute Gasteiger partial charge is 0.477 e. The Morgan fingerprint density at radius 3 is 2.39 bits per heavy atom. The zero-order chi connectivity index (χ0) is 13.1. The van der Waals surface area contributed by atoms with Gasteiger partial charge in [0.05, 0.1) is 0 Å². The van der Waals surface area contributed by atoms with Crippen LogP contribution < -0.4 is 5.32 Å². The van der Waals surface area contributed by atoms with E-state index in [1.807, 2.05) is 0 Å². The summed E-state index contributed by atoms with van der Waals surface area (Å²) in [7, 11) is 0. The van der Waals surface area contributed by atoms with Crippen molar-refractivity contribution in [3.8, 4) is 0 Å². The van der Waals surface area contributed by atoms with Crippen LogP contribution in [0.5, 0.6) is 0 Å². The average Bonchev–Trinajstić information content (AvgIpc) is 2.82. The molecule has 1 fully saturated rings. The second-order valence-electron chi connectivity index (χ2n) is 4.25. The van der Waals surface area contributed by atoms with Crippen molar-refractivity contribution in [3.63, 3.8) is 0 Å². The van der Waals surface area contributed by atoms with Gasteiger partial charge in [0.2, 0.25) is 0 Å². The van der Waals surface area contributed by atoms with E-state index in [0.29, 0.717) is 5.92 Å². The fourth-order valence-corrected chi connectivity index (χ4v) is 2.17. The van der Waals surface area contributed by atoms with Crippen LogP contribution in [0.3, 0.4) is 0 Å². The molecular formula is C13H13F2NO2. The molecule has 1 aromatic carbocycles. The minimum atomic E-state index is -2.17. The van der Waals surface area contributed by atoms with Crippen molar-refractivity contribution in [2.45, 2.75) is 12.3 Å². The monoisotopic (exact) mass is 253 g/mol. The molecule has 1 aliphatic heterocycles. The lowest BCUT2D eigenvalue weighted by molar-refractivity contribution is -0.130. The number of benzene rings is 1. The molecule has 0 spiro atoms. The summed E-state index contributed by atoms with van der Waals surface area (Å²) in [6.07, 6.45) is -1.16. The number of nitrogens with one attached hydrogen (secondary N) is 1. The van der Waals surface area contributed by atoms with Crippen LogP contribution in [0.25, 0.3) is 5.57 Å². The van der Waals surface area contributed by atoms with E-state index in [1.54, 1.807) is 12.1 Å². The Kier molecular flexibility index (Phi) is 3.72. The Bertz CT molecular complexity index is 472. The van der Waals surface area contributed by atoms with E-state index in [-0.39, 0.29) is 5.56 Å². The maximum absolute atomic E-state index is 12.5. The molecule has 0 bridgehead atoms. The lowest BCUT2D eigenvalue weighted by atomic mass is 9.96. The summed E-state index contributed by atoms with van der Waals surface area (Å²) in [6, 6.07) is 6.32. The summed E-state index contributed by atoms with van der Waals surface area (Å²) in [5.74, 6) is -1.23. The fraction of sp³-hybridized carbons (Fsp3) is 0.308. The molecule has 1 atom stereocenters. The van der Waals surface area contributed by atoms with E-state index < -0.39 is 17.6 Å². The van der Waals surface area contributed by atoms with E-state index in [1.165, 1.54) is 12.1 Å². The number of carboxylic acid groups (broad SMARTS) is 1. The molecule has 0 amide bonds. The van der Waals surface area contributed by atoms with E-state index in [2.05, 4.69) is 5.32 Å². The molecule has 0 aromatic heterocycles. The SMILES string of the molecule is O=C(O)C(=C(F)F)c1ccc(C2CCNC2)cc1. The van der Waals surface area contributed by atoms with Gasteiger partial charge in [-0.2, -0.15) is 8.78 Å². The van der Waals surface area contributed by atoms with Crippen LogP contribution in [0, 0.1) is 0 Å². The third kappa shape index (κ3) is 2.56. The Morgan fingerprint density at radius 2 is 1.94 bits per heavy atom. The Labute approximate surface area is 103 Å². The Hall–Kier alpha value is -1.75. The van der Waals surface area contributed by atoms with Gasteiger partial charge >= 0.3 is 5.97 Å². The molecule has 0 saturated carbocycles. The van der Waals surface area contributed by atoms with Crippen LogP contribution in [0.2, 0.25) is 0 Å². The quantitative estimate of drug-likeness (QED) is 0.813. The predicted molar refractivity (Wildman–Crippen MR) is 63.4 cm³/mol. The lowest BCUT2D eigenvalue weighted by Crippen LogP contribution is -2.08. The third-order valence-corrected chi connectivity index (χ3v) is 3.13. The summed E-state index contributed by atoms with van der Waals surface area (Å²) < 4.78 is 25.1. The second-order valence-corrected chi connectivity index (χ2v) is 4.25. The van der Waals surface area contributed by atoms with Crippen LogP contribution >= 0.6 is 0 Å². The lowest BCUT2D eigenvalue weighted by Gasteiger charge is -2.09. The van der Waals surface area contributed by atoms with Crippen LogP contribution in [-0.2, 0) is 4.79 Å². The van der Waals surface area contributed by atoms with Crippen LogP contribution in [0.4, 0.5) is 8.78 Å². The van der Waals surface area contributed by atoms with Crippen molar-refractivity contribution < 1.29 is 18.7 Å². The molecule has 1 unspecified atom stereocenters. The number of halogens is 2. The van der Waals surface area contributed by atoms with Crippen molar-refractivity contribution in [3.05, 3.63) is 41.5 Å². The molecule has 0 radical (unpaired) electrons. The summed E-state index contributed by atoms with van der Waals surface area (Å²) >= 11 is 0. The molecule has 1 heterocycles. The van der Waals surface area contributed by atoms with Gasteiger partial charge in [-0.25, -0.2) is 4.79 Å². The third-order valence-electron chi connectivity index (χ3n) is 3.13. The van der Waals surface area contributed by atoms with Crippen LogP contribution in [0.1, 0.15) is 23.5 Å². The molecule has 5 heteroatoms. The first-order valence-corrected chi connectivity index (χ1v) is 5.69. The summed E-state index contributed by atoms with van der Waals surface area (Å²) in [4.78, 5) is 10.7. The van der Waals surface area contributed by atoms with Crippen LogP contribution in [0.15, 0.2) is 30.3 Å². The highest BCUT2D eigenvalue weighted by Crippen LogP contribution is 2.26. The Morgan fingerprint density at radius 1 is 1.28 bits per heavy atom. The maximum Gasteiger partial charge on any atom is 0.341 e. The van der Waals surface area contributed by atoms with Gasteiger partial charge in [0.15, 0.2) is 0 Å². The van der Waals surface area contributed by atoms with Crippen LogP contribution in [-0.4, -0.2) is 24.2 Å². The fourth-order valence-electron chi connectivity index (χ4n) is 2.17. The van der Waals surface area contributed by atoms with Gasteiger partial charge in [0, 0.05) is 6.54 Å². The topological polar surface area (TPSA) is 49.3 Å². The van der Waals surface area contributed by atoms with Gasteiger partial charge in [-0.3, -0.25) is 0 Å². The van der Waals surface area contributed by atoms with Crippen molar-refractivity contribution in [1.82, 2.24) is 5.32 Å². The van der Waals surface area contributed by atoms with Crippen molar-refractivity contribution >= 4 is 11.5 Å². The highest BCUT2D eigenvalue weighted by atomic mass is 19.3. The molecule has 2 rings (SSSR count). The van der Waals surface area contributed by atoms with E-state index in [0.717, 1.165) is 25.1 Å². The normalized spacial score (nSPS) is 18.7. The van der Waals surface area contributed by atoms with Gasteiger partial charge < -0.3 is 10.4 Å². The zero-order valence-electron chi connectivity index (χ0n) is 9.62. The van der Waals surface area contributed by atoms with Crippen molar-refractivity contribution in [2.75, 3.05) is 13.1 Å². The highest BCUT2D eigenvalue weighted by molar-refractivity contribution is 6.15. The zero-order valence-corrected chi connectivity index (χ0v) is 9.62. The summed E-state index contributed by atoms with van der Waals surface area (Å²) in [5, 5.41) is 12.0. The maximum atomic E-state index is 12.5. The summed E-state index contributed by atoms with van der Waals surface area (Å²) in [5.41, 5.74) is 0.163. The molecule has 96 valence electrons. The highest BCUT2D eigenvalue weighted by Gasteiger charge is 2.19. The van der Waals surface area contributed by atoms with Crippen molar-refractivity contribution in [1.29, 1.82) is 0 Å². The van der Waals surface area contributed by atoms with Gasteiger partial charge in [-0.1, -0.05) is 24.3 Å². The smallest absolute Gasteiger partial charge is 0.341 e. The summed E-state index contributed by atoms with van der Waals surface area (Å²) in [6.45, 7) is 1.82. The van der Waals surface area contributed by atoms with E-state index in [9.17, 15) is 13.6 Å². The van der Waals surface area contributed by atoms with Gasteiger partial charge in [0.25, 0.3) is 6.08 Å². The number of hydrogen-bond acceptors (Lipinski definition) is 2. The first-order valence-electron chi connectivity index (χ1n) is 5.69. The standard InChI is InChI=1S/C13H13F2NO2/c14-12(15)11(13(17)18)9-3-1-8(2-4-9)10-5-6-16-7-10/h1-4,10,16H,5-7H2,(H,17,18). The minimum absolute atomic E-state index is 0.0391. The van der Waals surface area contributed by atoms with Gasteiger partial charge in [-0.15, -0.1) is 0 Å². The molecule has 0 aliphatic carbocycles. The number of hydrogen-bond donors (Lipinski definition) is 2. The number of aliphatic carboxylic acids is 1. The van der Waals surface area contributed by atoms with Gasteiger partial charge in [-0.05, 0) is 30.0 Å². The number of carbonyl (C=O) groups is 1. The second kappa shape index (κ2) is 5.27. The molecule has 18 heavy (non-hydrogen) atoms. The van der Waals surface area contributed by atoms with E-state index in [4.69, 9.17) is 5.11 Å². The number of rotatable bonds is 3. The molecule has 1 aromatic rings. The average molecular weight is 253 g/mol. The molecular weight excluding hydrogens is 240 g/mol.